The second kappa shape index (κ2) is 11.2. The molecule has 0 spiro atoms. The van der Waals surface area contributed by atoms with Crippen LogP contribution in [0.25, 0.3) is 10.9 Å². The molecule has 176 valence electrons. The van der Waals surface area contributed by atoms with Gasteiger partial charge in [0.15, 0.2) is 0 Å². The summed E-state index contributed by atoms with van der Waals surface area (Å²) in [7, 11) is 0. The van der Waals surface area contributed by atoms with Gasteiger partial charge in [0.25, 0.3) is 0 Å². The third-order valence-corrected chi connectivity index (χ3v) is 7.39. The first-order valence-electron chi connectivity index (χ1n) is 12.4. The van der Waals surface area contributed by atoms with Crippen LogP contribution in [0.15, 0.2) is 48.7 Å². The molecule has 0 unspecified atom stereocenters. The lowest BCUT2D eigenvalue weighted by atomic mass is 9.87. The van der Waals surface area contributed by atoms with Crippen LogP contribution in [-0.2, 0) is 11.2 Å². The number of halogens is 1. The molecule has 1 aromatic heterocycles. The van der Waals surface area contributed by atoms with Crippen molar-refractivity contribution in [1.29, 1.82) is 0 Å². The summed E-state index contributed by atoms with van der Waals surface area (Å²) in [5.74, 6) is 0.0767. The van der Waals surface area contributed by atoms with Crippen molar-refractivity contribution in [3.8, 4) is 0 Å². The van der Waals surface area contributed by atoms with Gasteiger partial charge in [0, 0.05) is 53.6 Å². The van der Waals surface area contributed by atoms with Gasteiger partial charge in [-0.3, -0.25) is 4.79 Å². The highest BCUT2D eigenvalue weighted by atomic mass is 35.5. The number of likely N-dealkylation sites (tertiary alicyclic amines) is 1. The van der Waals surface area contributed by atoms with Crippen molar-refractivity contribution in [2.45, 2.75) is 64.3 Å². The second-order valence-corrected chi connectivity index (χ2v) is 9.77. The molecule has 1 aliphatic rings. The Morgan fingerprint density at radius 2 is 2.03 bits per heavy atom. The van der Waals surface area contributed by atoms with Crippen LogP contribution in [0.3, 0.4) is 0 Å². The van der Waals surface area contributed by atoms with Gasteiger partial charge in [0.05, 0.1) is 0 Å². The average Bonchev–Trinajstić information content (AvgIpc) is 3.26. The van der Waals surface area contributed by atoms with Crippen LogP contribution in [0.5, 0.6) is 0 Å². The number of aromatic amines is 1. The lowest BCUT2D eigenvalue weighted by molar-refractivity contribution is -0.121. The van der Waals surface area contributed by atoms with E-state index in [1.54, 1.807) is 0 Å². The Morgan fingerprint density at radius 1 is 1.21 bits per heavy atom. The van der Waals surface area contributed by atoms with Crippen LogP contribution >= 0.6 is 11.6 Å². The minimum Gasteiger partial charge on any atom is -0.361 e. The number of H-pyrrole nitrogens is 1. The highest BCUT2D eigenvalue weighted by Crippen LogP contribution is 2.35. The molecule has 2 heterocycles. The minimum absolute atomic E-state index is 0.0229. The molecule has 1 aliphatic heterocycles. The summed E-state index contributed by atoms with van der Waals surface area (Å²) in [5, 5.41) is 5.08. The van der Waals surface area contributed by atoms with Gasteiger partial charge in [0.1, 0.15) is 0 Å². The molecule has 1 fully saturated rings. The Hall–Kier alpha value is -2.30. The molecule has 2 N–H and O–H groups in total. The molecule has 2 aromatic carbocycles. The molecule has 4 rings (SSSR count). The first-order chi connectivity index (χ1) is 16.1. The van der Waals surface area contributed by atoms with Crippen LogP contribution in [0, 0.1) is 0 Å². The topological polar surface area (TPSA) is 48.1 Å². The number of nitrogens with zero attached hydrogens (tertiary/aromatic N) is 1. The average molecular weight is 466 g/mol. The number of aryl methyl sites for hydroxylation is 1. The largest absolute Gasteiger partial charge is 0.361 e. The first-order valence-corrected chi connectivity index (χ1v) is 12.8. The van der Waals surface area contributed by atoms with Crippen LogP contribution in [0.1, 0.15) is 68.6 Å². The molecule has 5 heteroatoms. The van der Waals surface area contributed by atoms with Crippen molar-refractivity contribution in [2.75, 3.05) is 19.6 Å². The second-order valence-electron chi connectivity index (χ2n) is 9.33. The molecular weight excluding hydrogens is 430 g/mol. The third kappa shape index (κ3) is 5.80. The molecule has 2 atom stereocenters. The number of hydrogen-bond acceptors (Lipinski definition) is 2. The van der Waals surface area contributed by atoms with Gasteiger partial charge in [-0.1, -0.05) is 55.3 Å². The standard InChI is InChI=1S/C28H36ClN3O/c1-3-21-9-6-10-24-26(19-31-28(21)24)25(22-11-13-23(29)14-12-22)18-27(33)30-15-7-17-32-16-5-4-8-20(32)2/h6,9-14,19-20,25,31H,3-5,7-8,15-18H2,1-2H3,(H,30,33)/t20-,25-/m0/s1. The lowest BCUT2D eigenvalue weighted by Gasteiger charge is -2.33. The first kappa shape index (κ1) is 23.8. The maximum Gasteiger partial charge on any atom is 0.220 e. The Bertz CT molecular complexity index is 1060. The van der Waals surface area contributed by atoms with Crippen molar-refractivity contribution in [3.63, 3.8) is 0 Å². The number of benzene rings is 2. The molecule has 0 bridgehead atoms. The van der Waals surface area contributed by atoms with Crippen LogP contribution < -0.4 is 5.32 Å². The number of para-hydroxylation sites is 1. The summed E-state index contributed by atoms with van der Waals surface area (Å²) >= 11 is 6.15. The maximum absolute atomic E-state index is 13.0. The predicted molar refractivity (Wildman–Crippen MR) is 138 cm³/mol. The third-order valence-electron chi connectivity index (χ3n) is 7.14. The molecule has 0 aliphatic carbocycles. The summed E-state index contributed by atoms with van der Waals surface area (Å²) in [4.78, 5) is 19.0. The van der Waals surface area contributed by atoms with Gasteiger partial charge < -0.3 is 15.2 Å². The Balaban J connectivity index is 1.46. The van der Waals surface area contributed by atoms with Gasteiger partial charge in [-0.25, -0.2) is 0 Å². The number of carbonyl (C=O) groups is 1. The molecular formula is C28H36ClN3O. The molecule has 1 saturated heterocycles. The lowest BCUT2D eigenvalue weighted by Crippen LogP contribution is -2.39. The molecule has 1 amide bonds. The Morgan fingerprint density at radius 3 is 2.79 bits per heavy atom. The highest BCUT2D eigenvalue weighted by molar-refractivity contribution is 6.30. The highest BCUT2D eigenvalue weighted by Gasteiger charge is 2.22. The van der Waals surface area contributed by atoms with E-state index in [0.717, 1.165) is 31.5 Å². The number of rotatable bonds is 9. The van der Waals surface area contributed by atoms with Crippen molar-refractivity contribution in [3.05, 3.63) is 70.4 Å². The van der Waals surface area contributed by atoms with Gasteiger partial charge in [-0.05, 0) is 68.0 Å². The number of carbonyl (C=O) groups excluding carboxylic acids is 1. The summed E-state index contributed by atoms with van der Waals surface area (Å²) in [6.45, 7) is 7.46. The van der Waals surface area contributed by atoms with E-state index in [0.29, 0.717) is 17.5 Å². The zero-order valence-electron chi connectivity index (χ0n) is 19.9. The fourth-order valence-electron chi connectivity index (χ4n) is 5.18. The molecule has 3 aromatic rings. The van der Waals surface area contributed by atoms with E-state index < -0.39 is 0 Å². The van der Waals surface area contributed by atoms with E-state index in [1.165, 1.54) is 47.8 Å². The Kier molecular flexibility index (Phi) is 8.11. The van der Waals surface area contributed by atoms with Crippen LogP contribution in [-0.4, -0.2) is 41.5 Å². The summed E-state index contributed by atoms with van der Waals surface area (Å²) in [5.41, 5.74) is 4.74. The monoisotopic (exact) mass is 465 g/mol. The van der Waals surface area contributed by atoms with Gasteiger partial charge in [0.2, 0.25) is 5.91 Å². The van der Waals surface area contributed by atoms with Crippen molar-refractivity contribution in [1.82, 2.24) is 15.2 Å². The minimum atomic E-state index is -0.0229. The Labute approximate surface area is 202 Å². The van der Waals surface area contributed by atoms with E-state index in [4.69, 9.17) is 11.6 Å². The normalized spacial score (nSPS) is 17.8. The number of amides is 1. The van der Waals surface area contributed by atoms with E-state index in [2.05, 4.69) is 53.4 Å². The van der Waals surface area contributed by atoms with Crippen molar-refractivity contribution in [2.24, 2.45) is 0 Å². The summed E-state index contributed by atoms with van der Waals surface area (Å²) in [6, 6.07) is 15.0. The van der Waals surface area contributed by atoms with E-state index in [1.807, 2.05) is 24.3 Å². The SMILES string of the molecule is CCc1cccc2c([C@@H](CC(=O)NCCCN3CCCC[C@@H]3C)c3ccc(Cl)cc3)c[nH]c12. The number of fused-ring (bicyclic) bond motifs is 1. The van der Waals surface area contributed by atoms with Crippen LogP contribution in [0.2, 0.25) is 5.02 Å². The van der Waals surface area contributed by atoms with Crippen molar-refractivity contribution < 1.29 is 4.79 Å². The number of nitrogens with one attached hydrogen (secondary N) is 2. The number of piperidine rings is 1. The van der Waals surface area contributed by atoms with E-state index >= 15 is 0 Å². The van der Waals surface area contributed by atoms with Gasteiger partial charge in [-0.2, -0.15) is 0 Å². The van der Waals surface area contributed by atoms with Crippen molar-refractivity contribution >= 4 is 28.4 Å². The number of aromatic nitrogens is 1. The molecule has 33 heavy (non-hydrogen) atoms. The quantitative estimate of drug-likeness (QED) is 0.365. The van der Waals surface area contributed by atoms with Crippen LogP contribution in [0.4, 0.5) is 0 Å². The smallest absolute Gasteiger partial charge is 0.220 e. The fourth-order valence-corrected chi connectivity index (χ4v) is 5.31. The summed E-state index contributed by atoms with van der Waals surface area (Å²) < 4.78 is 0. The summed E-state index contributed by atoms with van der Waals surface area (Å²) in [6.07, 6.45) is 8.39. The van der Waals surface area contributed by atoms with Gasteiger partial charge >= 0.3 is 0 Å². The maximum atomic E-state index is 13.0. The van der Waals surface area contributed by atoms with Gasteiger partial charge in [-0.15, -0.1) is 0 Å². The molecule has 0 radical (unpaired) electrons. The zero-order valence-corrected chi connectivity index (χ0v) is 20.6. The number of hydrogen-bond donors (Lipinski definition) is 2. The predicted octanol–water partition coefficient (Wildman–Crippen LogP) is 6.29. The van der Waals surface area contributed by atoms with E-state index in [9.17, 15) is 4.79 Å². The molecule has 0 saturated carbocycles. The zero-order chi connectivity index (χ0) is 23.2. The van der Waals surface area contributed by atoms with E-state index in [-0.39, 0.29) is 11.8 Å². The molecule has 4 nitrogen and oxygen atoms in total. The fraction of sp³-hybridized carbons (Fsp3) is 0.464.